The van der Waals surface area contributed by atoms with E-state index < -0.39 is 0 Å². The Morgan fingerprint density at radius 1 is 1.00 bits per heavy atom. The summed E-state index contributed by atoms with van der Waals surface area (Å²) in [6.45, 7) is 0.608. The molecule has 0 aromatic heterocycles. The molecule has 0 aliphatic carbocycles. The van der Waals surface area contributed by atoms with E-state index in [1.54, 1.807) is 0 Å². The zero-order valence-corrected chi connectivity index (χ0v) is 9.79. The summed E-state index contributed by atoms with van der Waals surface area (Å²) < 4.78 is 14.7. The zero-order valence-electron chi connectivity index (χ0n) is 8.89. The maximum Gasteiger partial charge on any atom is 0.327 e. The van der Waals surface area contributed by atoms with Crippen LogP contribution >= 0.6 is 8.69 Å². The zero-order chi connectivity index (χ0) is 10.8. The van der Waals surface area contributed by atoms with E-state index in [0.717, 1.165) is 19.3 Å². The minimum Gasteiger partial charge on any atom is -0.294 e. The Labute approximate surface area is 92.9 Å². The molecular weight excluding hydrogens is 207 g/mol. The van der Waals surface area contributed by atoms with Crippen molar-refractivity contribution in [3.63, 3.8) is 0 Å². The lowest BCUT2D eigenvalue weighted by molar-refractivity contribution is 0.328. The highest BCUT2D eigenvalue weighted by molar-refractivity contribution is 7.17. The first-order valence-electron chi connectivity index (χ1n) is 5.42. The summed E-state index contributed by atoms with van der Waals surface area (Å²) in [4.78, 5) is 0. The Bertz CT molecular complexity index is 262. The Balaban J connectivity index is 1.95. The van der Waals surface area contributed by atoms with Crippen LogP contribution in [0.1, 0.15) is 31.2 Å². The lowest BCUT2D eigenvalue weighted by atomic mass is 10.1. The van der Waals surface area contributed by atoms with Crippen molar-refractivity contribution in [3.05, 3.63) is 35.9 Å². The highest BCUT2D eigenvalue weighted by atomic mass is 31.1. The molecule has 0 radical (unpaired) electrons. The van der Waals surface area contributed by atoms with Crippen LogP contribution in [0.15, 0.2) is 30.3 Å². The molecular formula is C12H17O2P. The third kappa shape index (κ3) is 6.38. The van der Waals surface area contributed by atoms with Gasteiger partial charge in [0.2, 0.25) is 0 Å². The molecule has 0 saturated carbocycles. The molecule has 0 saturated heterocycles. The third-order valence-electron chi connectivity index (χ3n) is 2.35. The van der Waals surface area contributed by atoms with Crippen LogP contribution in [-0.4, -0.2) is 6.61 Å². The van der Waals surface area contributed by atoms with Crippen molar-refractivity contribution in [2.45, 2.75) is 32.1 Å². The summed E-state index contributed by atoms with van der Waals surface area (Å²) >= 11 is 0. The Hall–Kier alpha value is -0.720. The van der Waals surface area contributed by atoms with Gasteiger partial charge in [-0.15, -0.1) is 0 Å². The number of hydrogen-bond donors (Lipinski definition) is 0. The first-order valence-corrected chi connectivity index (χ1v) is 6.15. The lowest BCUT2D eigenvalue weighted by Crippen LogP contribution is -1.88. The van der Waals surface area contributed by atoms with E-state index in [-0.39, 0.29) is 8.69 Å². The fraction of sp³-hybridized carbons (Fsp3) is 0.500. The highest BCUT2D eigenvalue weighted by Gasteiger charge is 1.93. The predicted octanol–water partition coefficient (Wildman–Crippen LogP) is 4.01. The van der Waals surface area contributed by atoms with E-state index in [1.165, 1.54) is 18.4 Å². The first-order chi connectivity index (χ1) is 7.43. The van der Waals surface area contributed by atoms with Crippen molar-refractivity contribution in [1.82, 2.24) is 0 Å². The maximum absolute atomic E-state index is 9.95. The molecule has 0 amide bonds. The second-order valence-electron chi connectivity index (χ2n) is 3.56. The van der Waals surface area contributed by atoms with E-state index in [0.29, 0.717) is 6.61 Å². The molecule has 0 spiro atoms. The summed E-state index contributed by atoms with van der Waals surface area (Å²) in [7, 11) is -0.195. The largest absolute Gasteiger partial charge is 0.327 e. The minimum absolute atomic E-state index is 0.195. The molecule has 0 aliphatic rings. The SMILES string of the molecule is O=POCCCCCCc1ccccc1. The second-order valence-corrected chi connectivity index (χ2v) is 3.96. The first kappa shape index (κ1) is 12.4. The Morgan fingerprint density at radius 3 is 2.47 bits per heavy atom. The van der Waals surface area contributed by atoms with Gasteiger partial charge in [-0.3, -0.25) is 4.52 Å². The van der Waals surface area contributed by atoms with Crippen molar-refractivity contribution >= 4 is 8.69 Å². The van der Waals surface area contributed by atoms with E-state index in [1.807, 2.05) is 6.07 Å². The molecule has 0 N–H and O–H groups in total. The summed E-state index contributed by atoms with van der Waals surface area (Å²) in [6.07, 6.45) is 5.75. The van der Waals surface area contributed by atoms with E-state index >= 15 is 0 Å². The van der Waals surface area contributed by atoms with Crippen LogP contribution in [0.3, 0.4) is 0 Å². The van der Waals surface area contributed by atoms with Gasteiger partial charge in [0.1, 0.15) is 0 Å². The third-order valence-corrected chi connectivity index (χ3v) is 2.63. The van der Waals surface area contributed by atoms with Gasteiger partial charge in [0.25, 0.3) is 0 Å². The quantitative estimate of drug-likeness (QED) is 0.492. The molecule has 3 heteroatoms. The van der Waals surface area contributed by atoms with Crippen molar-refractivity contribution in [3.8, 4) is 0 Å². The van der Waals surface area contributed by atoms with Gasteiger partial charge >= 0.3 is 8.69 Å². The fourth-order valence-corrected chi connectivity index (χ4v) is 1.73. The van der Waals surface area contributed by atoms with E-state index in [2.05, 4.69) is 24.3 Å². The van der Waals surface area contributed by atoms with Gasteiger partial charge in [-0.2, -0.15) is 0 Å². The molecule has 0 heterocycles. The molecule has 0 aliphatic heterocycles. The minimum atomic E-state index is -0.195. The van der Waals surface area contributed by atoms with Crippen LogP contribution in [0.2, 0.25) is 0 Å². The van der Waals surface area contributed by atoms with Crippen LogP contribution < -0.4 is 0 Å². The maximum atomic E-state index is 9.95. The lowest BCUT2D eigenvalue weighted by Gasteiger charge is -2.01. The van der Waals surface area contributed by atoms with Crippen LogP contribution in [0, 0.1) is 0 Å². The van der Waals surface area contributed by atoms with E-state index in [4.69, 9.17) is 4.52 Å². The van der Waals surface area contributed by atoms with Crippen LogP contribution in [0.25, 0.3) is 0 Å². The molecule has 0 fully saturated rings. The van der Waals surface area contributed by atoms with Gasteiger partial charge in [-0.25, -0.2) is 4.57 Å². The van der Waals surface area contributed by atoms with Gasteiger partial charge in [0.15, 0.2) is 0 Å². The smallest absolute Gasteiger partial charge is 0.294 e. The molecule has 0 atom stereocenters. The number of hydrogen-bond acceptors (Lipinski definition) is 2. The molecule has 1 aromatic carbocycles. The van der Waals surface area contributed by atoms with Gasteiger partial charge in [-0.05, 0) is 24.8 Å². The second kappa shape index (κ2) is 8.58. The van der Waals surface area contributed by atoms with Crippen molar-refractivity contribution in [1.29, 1.82) is 0 Å². The van der Waals surface area contributed by atoms with Crippen molar-refractivity contribution in [2.75, 3.05) is 6.61 Å². The standard InChI is InChI=1S/C12H17O2P/c13-15-14-11-7-2-1-4-8-12-9-5-3-6-10-12/h3,5-6,9-10H,1-2,4,7-8,11H2. The van der Waals surface area contributed by atoms with E-state index in [9.17, 15) is 4.57 Å². The normalized spacial score (nSPS) is 10.7. The van der Waals surface area contributed by atoms with Crippen LogP contribution in [0.5, 0.6) is 0 Å². The fourth-order valence-electron chi connectivity index (χ4n) is 1.53. The topological polar surface area (TPSA) is 26.3 Å². The predicted molar refractivity (Wildman–Crippen MR) is 62.2 cm³/mol. The Morgan fingerprint density at radius 2 is 1.73 bits per heavy atom. The molecule has 0 bridgehead atoms. The molecule has 0 unspecified atom stereocenters. The van der Waals surface area contributed by atoms with Gasteiger partial charge in [0.05, 0.1) is 6.61 Å². The summed E-state index contributed by atoms with van der Waals surface area (Å²) in [5, 5.41) is 0. The van der Waals surface area contributed by atoms with Crippen molar-refractivity contribution < 1.29 is 9.09 Å². The summed E-state index contributed by atoms with van der Waals surface area (Å²) in [6, 6.07) is 10.5. The Kier molecular flexibility index (Phi) is 7.06. The number of aryl methyl sites for hydroxylation is 1. The van der Waals surface area contributed by atoms with Gasteiger partial charge in [-0.1, -0.05) is 43.2 Å². The number of unbranched alkanes of at least 4 members (excludes halogenated alkanes) is 3. The molecule has 15 heavy (non-hydrogen) atoms. The summed E-state index contributed by atoms with van der Waals surface area (Å²) in [5.41, 5.74) is 1.41. The molecule has 2 nitrogen and oxygen atoms in total. The van der Waals surface area contributed by atoms with Crippen LogP contribution in [0.4, 0.5) is 0 Å². The monoisotopic (exact) mass is 224 g/mol. The van der Waals surface area contributed by atoms with Crippen LogP contribution in [-0.2, 0) is 15.5 Å². The summed E-state index contributed by atoms with van der Waals surface area (Å²) in [5.74, 6) is 0. The van der Waals surface area contributed by atoms with Gasteiger partial charge in [0, 0.05) is 0 Å². The number of rotatable bonds is 8. The average Bonchev–Trinajstić information content (AvgIpc) is 2.29. The molecule has 1 rings (SSSR count). The van der Waals surface area contributed by atoms with Gasteiger partial charge < -0.3 is 0 Å². The van der Waals surface area contributed by atoms with Crippen molar-refractivity contribution in [2.24, 2.45) is 0 Å². The molecule has 1 aromatic rings. The highest BCUT2D eigenvalue weighted by Crippen LogP contribution is 2.08. The number of benzene rings is 1. The molecule has 82 valence electrons. The average molecular weight is 224 g/mol.